The topological polar surface area (TPSA) is 38.3 Å². The molecular weight excluding hydrogens is 190 g/mol. The monoisotopic (exact) mass is 215 g/mol. The van der Waals surface area contributed by atoms with Crippen molar-refractivity contribution in [3.8, 4) is 0 Å². The predicted molar refractivity (Wildman–Crippen MR) is 62.8 cm³/mol. The SMILES string of the molecule is CCCCC(NC(C)C(C)C)C(=O)OC. The van der Waals surface area contributed by atoms with Crippen molar-refractivity contribution in [3.63, 3.8) is 0 Å². The molecule has 1 N–H and O–H groups in total. The number of hydrogen-bond acceptors (Lipinski definition) is 3. The molecule has 15 heavy (non-hydrogen) atoms. The van der Waals surface area contributed by atoms with E-state index in [-0.39, 0.29) is 12.0 Å². The minimum atomic E-state index is -0.146. The van der Waals surface area contributed by atoms with Crippen LogP contribution < -0.4 is 5.32 Å². The summed E-state index contributed by atoms with van der Waals surface area (Å²) in [5, 5.41) is 3.33. The number of carbonyl (C=O) groups is 1. The molecular formula is C12H25NO2. The fraction of sp³-hybridized carbons (Fsp3) is 0.917. The van der Waals surface area contributed by atoms with Gasteiger partial charge in [0.15, 0.2) is 0 Å². The number of rotatable bonds is 7. The summed E-state index contributed by atoms with van der Waals surface area (Å²) in [5.74, 6) is 0.384. The Hall–Kier alpha value is -0.570. The number of hydrogen-bond donors (Lipinski definition) is 1. The van der Waals surface area contributed by atoms with Crippen LogP contribution >= 0.6 is 0 Å². The molecule has 2 atom stereocenters. The van der Waals surface area contributed by atoms with Crippen LogP contribution in [0, 0.1) is 5.92 Å². The Bertz CT molecular complexity index is 180. The van der Waals surface area contributed by atoms with E-state index in [0.717, 1.165) is 19.3 Å². The van der Waals surface area contributed by atoms with Crippen molar-refractivity contribution in [2.75, 3.05) is 7.11 Å². The summed E-state index contributed by atoms with van der Waals surface area (Å²) in [6.45, 7) is 8.52. The molecule has 3 nitrogen and oxygen atoms in total. The third-order valence-corrected chi connectivity index (χ3v) is 2.80. The molecule has 0 aliphatic heterocycles. The van der Waals surface area contributed by atoms with Crippen LogP contribution in [0.5, 0.6) is 0 Å². The van der Waals surface area contributed by atoms with Gasteiger partial charge in [0.05, 0.1) is 7.11 Å². The molecule has 0 aromatic rings. The first-order chi connectivity index (χ1) is 7.02. The Morgan fingerprint density at radius 1 is 1.33 bits per heavy atom. The minimum Gasteiger partial charge on any atom is -0.468 e. The van der Waals surface area contributed by atoms with Gasteiger partial charge in [-0.15, -0.1) is 0 Å². The maximum atomic E-state index is 11.5. The van der Waals surface area contributed by atoms with E-state index in [9.17, 15) is 4.79 Å². The lowest BCUT2D eigenvalue weighted by atomic mass is 10.0. The number of carbonyl (C=O) groups excluding carboxylic acids is 1. The van der Waals surface area contributed by atoms with Gasteiger partial charge in [0.2, 0.25) is 0 Å². The first kappa shape index (κ1) is 14.4. The van der Waals surface area contributed by atoms with Gasteiger partial charge in [-0.3, -0.25) is 4.79 Å². The highest BCUT2D eigenvalue weighted by molar-refractivity contribution is 5.75. The van der Waals surface area contributed by atoms with Crippen LogP contribution in [0.4, 0.5) is 0 Å². The van der Waals surface area contributed by atoms with Gasteiger partial charge in [-0.2, -0.15) is 0 Å². The Morgan fingerprint density at radius 3 is 2.33 bits per heavy atom. The summed E-state index contributed by atoms with van der Waals surface area (Å²) in [6, 6.07) is 0.193. The number of methoxy groups -OCH3 is 1. The van der Waals surface area contributed by atoms with Gasteiger partial charge < -0.3 is 10.1 Å². The van der Waals surface area contributed by atoms with Crippen LogP contribution in [0.2, 0.25) is 0 Å². The van der Waals surface area contributed by atoms with Gasteiger partial charge in [-0.25, -0.2) is 0 Å². The molecule has 0 aliphatic rings. The summed E-state index contributed by atoms with van der Waals surface area (Å²) >= 11 is 0. The van der Waals surface area contributed by atoms with E-state index in [1.807, 2.05) is 0 Å². The fourth-order valence-electron chi connectivity index (χ4n) is 1.33. The zero-order valence-electron chi connectivity index (χ0n) is 10.7. The Labute approximate surface area is 93.6 Å². The Morgan fingerprint density at radius 2 is 1.93 bits per heavy atom. The fourth-order valence-corrected chi connectivity index (χ4v) is 1.33. The Kier molecular flexibility index (Phi) is 7.39. The highest BCUT2D eigenvalue weighted by Crippen LogP contribution is 2.07. The normalized spacial score (nSPS) is 15.1. The molecule has 0 radical (unpaired) electrons. The molecule has 2 unspecified atom stereocenters. The summed E-state index contributed by atoms with van der Waals surface area (Å²) in [7, 11) is 1.45. The molecule has 0 aliphatic carbocycles. The van der Waals surface area contributed by atoms with Gasteiger partial charge >= 0.3 is 5.97 Å². The molecule has 0 bridgehead atoms. The standard InChI is InChI=1S/C12H25NO2/c1-6-7-8-11(12(14)15-5)13-10(4)9(2)3/h9-11,13H,6-8H2,1-5H3. The van der Waals surface area contributed by atoms with Crippen molar-refractivity contribution < 1.29 is 9.53 Å². The van der Waals surface area contributed by atoms with Crippen molar-refractivity contribution in [3.05, 3.63) is 0 Å². The molecule has 0 amide bonds. The van der Waals surface area contributed by atoms with Crippen LogP contribution in [-0.2, 0) is 9.53 Å². The first-order valence-corrected chi connectivity index (χ1v) is 5.86. The van der Waals surface area contributed by atoms with E-state index in [1.165, 1.54) is 7.11 Å². The number of ether oxygens (including phenoxy) is 1. The average molecular weight is 215 g/mol. The molecule has 90 valence electrons. The molecule has 0 heterocycles. The minimum absolute atomic E-state index is 0.143. The van der Waals surface area contributed by atoms with Crippen molar-refractivity contribution in [1.82, 2.24) is 5.32 Å². The van der Waals surface area contributed by atoms with E-state index >= 15 is 0 Å². The second kappa shape index (κ2) is 7.69. The third-order valence-electron chi connectivity index (χ3n) is 2.80. The van der Waals surface area contributed by atoms with Crippen molar-refractivity contribution in [1.29, 1.82) is 0 Å². The number of esters is 1. The number of unbranched alkanes of at least 4 members (excludes halogenated alkanes) is 1. The zero-order valence-corrected chi connectivity index (χ0v) is 10.7. The van der Waals surface area contributed by atoms with Crippen LogP contribution in [0.25, 0.3) is 0 Å². The van der Waals surface area contributed by atoms with Gasteiger partial charge in [0.1, 0.15) is 6.04 Å². The predicted octanol–water partition coefficient (Wildman–Crippen LogP) is 2.35. The van der Waals surface area contributed by atoms with Gasteiger partial charge in [0, 0.05) is 6.04 Å². The maximum Gasteiger partial charge on any atom is 0.322 e. The first-order valence-electron chi connectivity index (χ1n) is 5.86. The summed E-state index contributed by atoms with van der Waals surface area (Å²) in [4.78, 5) is 11.5. The second-order valence-corrected chi connectivity index (χ2v) is 4.42. The van der Waals surface area contributed by atoms with E-state index in [4.69, 9.17) is 4.74 Å². The maximum absolute atomic E-state index is 11.5. The highest BCUT2D eigenvalue weighted by Gasteiger charge is 2.21. The van der Waals surface area contributed by atoms with Gasteiger partial charge in [0.25, 0.3) is 0 Å². The van der Waals surface area contributed by atoms with Gasteiger partial charge in [-0.05, 0) is 19.3 Å². The smallest absolute Gasteiger partial charge is 0.322 e. The molecule has 0 fully saturated rings. The number of nitrogens with one attached hydrogen (secondary N) is 1. The van der Waals surface area contributed by atoms with E-state index in [1.54, 1.807) is 0 Å². The summed E-state index contributed by atoms with van der Waals surface area (Å²) in [6.07, 6.45) is 3.02. The van der Waals surface area contributed by atoms with Crippen LogP contribution in [-0.4, -0.2) is 25.2 Å². The average Bonchev–Trinajstić information content (AvgIpc) is 2.22. The second-order valence-electron chi connectivity index (χ2n) is 4.42. The lowest BCUT2D eigenvalue weighted by Crippen LogP contribution is -2.44. The zero-order chi connectivity index (χ0) is 11.8. The summed E-state index contributed by atoms with van der Waals surface area (Å²) in [5.41, 5.74) is 0. The van der Waals surface area contributed by atoms with Crippen molar-refractivity contribution >= 4 is 5.97 Å². The van der Waals surface area contributed by atoms with Crippen molar-refractivity contribution in [2.24, 2.45) is 5.92 Å². The molecule has 0 saturated carbocycles. The molecule has 0 aromatic heterocycles. The van der Waals surface area contributed by atoms with Gasteiger partial charge in [-0.1, -0.05) is 33.6 Å². The van der Waals surface area contributed by atoms with E-state index < -0.39 is 0 Å². The van der Waals surface area contributed by atoms with Crippen molar-refractivity contribution in [2.45, 2.75) is 59.0 Å². The lowest BCUT2D eigenvalue weighted by Gasteiger charge is -2.23. The third kappa shape index (κ3) is 5.78. The quantitative estimate of drug-likeness (QED) is 0.662. The highest BCUT2D eigenvalue weighted by atomic mass is 16.5. The summed E-state index contributed by atoms with van der Waals surface area (Å²) < 4.78 is 4.79. The molecule has 0 saturated heterocycles. The Balaban J connectivity index is 4.17. The van der Waals surface area contributed by atoms with Crippen LogP contribution in [0.1, 0.15) is 47.0 Å². The van der Waals surface area contributed by atoms with E-state index in [2.05, 4.69) is 33.0 Å². The molecule has 0 aromatic carbocycles. The van der Waals surface area contributed by atoms with Crippen LogP contribution in [0.15, 0.2) is 0 Å². The largest absolute Gasteiger partial charge is 0.468 e. The lowest BCUT2D eigenvalue weighted by molar-refractivity contribution is -0.143. The molecule has 0 spiro atoms. The van der Waals surface area contributed by atoms with E-state index in [0.29, 0.717) is 12.0 Å². The molecule has 3 heteroatoms. The molecule has 0 rings (SSSR count). The van der Waals surface area contributed by atoms with Crippen LogP contribution in [0.3, 0.4) is 0 Å².